The Balaban J connectivity index is 1.21. The molecule has 0 atom stereocenters. The van der Waals surface area contributed by atoms with Crippen LogP contribution in [0.5, 0.6) is 5.75 Å². The molecule has 0 N–H and O–H groups in total. The summed E-state index contributed by atoms with van der Waals surface area (Å²) >= 11 is 0. The summed E-state index contributed by atoms with van der Waals surface area (Å²) in [4.78, 5) is 0. The van der Waals surface area contributed by atoms with Gasteiger partial charge in [0.15, 0.2) is 17.5 Å². The van der Waals surface area contributed by atoms with E-state index in [-0.39, 0.29) is 35.7 Å². The number of alkyl halides is 2. The molecule has 214 valence electrons. The van der Waals surface area contributed by atoms with Crippen LogP contribution in [-0.4, -0.2) is 6.11 Å². The first-order chi connectivity index (χ1) is 19.0. The minimum atomic E-state index is -3.60. The van der Waals surface area contributed by atoms with Gasteiger partial charge in [-0.25, -0.2) is 22.0 Å². The monoisotopic (exact) mass is 564 g/mol. The van der Waals surface area contributed by atoms with Crippen molar-refractivity contribution >= 4 is 0 Å². The molecule has 0 bridgehead atoms. The van der Waals surface area contributed by atoms with E-state index in [1.54, 1.807) is 6.07 Å². The number of ether oxygens (including phenoxy) is 1. The molecule has 5 rings (SSSR count). The highest BCUT2D eigenvalue weighted by Crippen LogP contribution is 2.45. The molecule has 0 amide bonds. The second-order valence-electron chi connectivity index (χ2n) is 11.3. The van der Waals surface area contributed by atoms with Crippen molar-refractivity contribution in [2.24, 2.45) is 11.8 Å². The zero-order valence-corrected chi connectivity index (χ0v) is 22.1. The van der Waals surface area contributed by atoms with Crippen molar-refractivity contribution in [2.75, 3.05) is 0 Å². The van der Waals surface area contributed by atoms with Gasteiger partial charge in [0, 0.05) is 11.6 Å². The summed E-state index contributed by atoms with van der Waals surface area (Å²) in [5.41, 5.74) is 0.996. The number of hydrogen-bond acceptors (Lipinski definition) is 1. The maximum Gasteiger partial charge on any atom is 0.400 e. The molecule has 0 aliphatic heterocycles. The standard InChI is InChI=1S/C32H31F7O/c1-18-2-4-19(5-3-18)21-8-12-25(27(33)14-21)20-6-9-23(10-7-20)32(38,39)40-24-11-13-26(28(34)17-24)22-15-29(35)31(37)30(36)16-22/h8,11-20,23H,2-7,9-10H2,1H3. The van der Waals surface area contributed by atoms with Crippen molar-refractivity contribution in [1.82, 2.24) is 0 Å². The Morgan fingerprint density at radius 3 is 1.88 bits per heavy atom. The number of rotatable bonds is 6. The molecular formula is C32H31F7O. The molecule has 2 aliphatic carbocycles. The molecule has 8 heteroatoms. The van der Waals surface area contributed by atoms with Crippen molar-refractivity contribution in [3.05, 3.63) is 88.7 Å². The van der Waals surface area contributed by atoms with Crippen LogP contribution in [0.2, 0.25) is 0 Å². The summed E-state index contributed by atoms with van der Waals surface area (Å²) in [6.45, 7) is 2.24. The average Bonchev–Trinajstić information content (AvgIpc) is 2.92. The molecule has 3 aromatic rings. The van der Waals surface area contributed by atoms with Crippen LogP contribution in [-0.2, 0) is 0 Å². The lowest BCUT2D eigenvalue weighted by atomic mass is 9.76. The third-order valence-electron chi connectivity index (χ3n) is 8.64. The Hall–Kier alpha value is -3.03. The fourth-order valence-electron chi connectivity index (χ4n) is 6.21. The van der Waals surface area contributed by atoms with Gasteiger partial charge in [0.05, 0.1) is 5.92 Å². The van der Waals surface area contributed by atoms with E-state index in [1.165, 1.54) is 0 Å². The van der Waals surface area contributed by atoms with Gasteiger partial charge >= 0.3 is 6.11 Å². The van der Waals surface area contributed by atoms with Crippen LogP contribution in [0, 0.1) is 40.9 Å². The van der Waals surface area contributed by atoms with Crippen LogP contribution in [0.25, 0.3) is 11.1 Å². The van der Waals surface area contributed by atoms with Gasteiger partial charge in [-0.1, -0.05) is 31.9 Å². The highest BCUT2D eigenvalue weighted by Gasteiger charge is 2.44. The summed E-state index contributed by atoms with van der Waals surface area (Å²) in [6.07, 6.45) is 1.73. The molecule has 0 unspecified atom stereocenters. The van der Waals surface area contributed by atoms with E-state index in [9.17, 15) is 17.6 Å². The Morgan fingerprint density at radius 2 is 1.27 bits per heavy atom. The Kier molecular flexibility index (Phi) is 8.16. The molecule has 3 aromatic carbocycles. The van der Waals surface area contributed by atoms with Gasteiger partial charge in [0.2, 0.25) is 0 Å². The number of benzene rings is 3. The molecular weight excluding hydrogens is 533 g/mol. The average molecular weight is 565 g/mol. The van der Waals surface area contributed by atoms with Crippen molar-refractivity contribution < 1.29 is 35.5 Å². The van der Waals surface area contributed by atoms with Gasteiger partial charge in [-0.15, -0.1) is 0 Å². The topological polar surface area (TPSA) is 9.23 Å². The van der Waals surface area contributed by atoms with E-state index >= 15 is 13.2 Å². The molecule has 2 fully saturated rings. The lowest BCUT2D eigenvalue weighted by Gasteiger charge is -2.34. The van der Waals surface area contributed by atoms with Crippen LogP contribution >= 0.6 is 0 Å². The van der Waals surface area contributed by atoms with Crippen LogP contribution < -0.4 is 4.74 Å². The van der Waals surface area contributed by atoms with Gasteiger partial charge in [0.25, 0.3) is 0 Å². The van der Waals surface area contributed by atoms with E-state index in [0.717, 1.165) is 43.4 Å². The number of halogens is 7. The third-order valence-corrected chi connectivity index (χ3v) is 8.64. The quantitative estimate of drug-likeness (QED) is 0.214. The second-order valence-corrected chi connectivity index (χ2v) is 11.3. The fraction of sp³-hybridized carbons (Fsp3) is 0.438. The Morgan fingerprint density at radius 1 is 0.650 bits per heavy atom. The minimum absolute atomic E-state index is 0.105. The van der Waals surface area contributed by atoms with Crippen molar-refractivity contribution in [1.29, 1.82) is 0 Å². The van der Waals surface area contributed by atoms with Crippen LogP contribution in [0.3, 0.4) is 0 Å². The molecule has 0 aromatic heterocycles. The SMILES string of the molecule is CC1CCC(c2ccc(C3CCC(C(F)(F)Oc4ccc(-c5cc(F)c(F)c(F)c5)c(F)c4)CC3)c(F)c2)CC1. The third kappa shape index (κ3) is 6.01. The molecule has 2 aliphatic rings. The minimum Gasteiger partial charge on any atom is -0.432 e. The van der Waals surface area contributed by atoms with Crippen molar-refractivity contribution in [3.63, 3.8) is 0 Å². The highest BCUT2D eigenvalue weighted by atomic mass is 19.3. The molecule has 1 nitrogen and oxygen atoms in total. The second kappa shape index (κ2) is 11.5. The van der Waals surface area contributed by atoms with E-state index in [4.69, 9.17) is 4.74 Å². The smallest absolute Gasteiger partial charge is 0.400 e. The zero-order chi connectivity index (χ0) is 28.6. The van der Waals surface area contributed by atoms with Gasteiger partial charge in [-0.05, 0) is 103 Å². The first-order valence-electron chi connectivity index (χ1n) is 13.8. The number of hydrogen-bond donors (Lipinski definition) is 0. The van der Waals surface area contributed by atoms with Gasteiger partial charge in [-0.2, -0.15) is 8.78 Å². The van der Waals surface area contributed by atoms with E-state index in [2.05, 4.69) is 6.92 Å². The predicted molar refractivity (Wildman–Crippen MR) is 139 cm³/mol. The molecule has 0 radical (unpaired) electrons. The zero-order valence-electron chi connectivity index (χ0n) is 22.1. The van der Waals surface area contributed by atoms with Crippen LogP contribution in [0.4, 0.5) is 30.7 Å². The van der Waals surface area contributed by atoms with Gasteiger partial charge in [0.1, 0.15) is 17.4 Å². The largest absolute Gasteiger partial charge is 0.432 e. The van der Waals surface area contributed by atoms with Gasteiger partial charge in [-0.3, -0.25) is 0 Å². The molecule has 0 spiro atoms. The maximum atomic E-state index is 15.1. The molecule has 0 saturated heterocycles. The van der Waals surface area contributed by atoms with Crippen molar-refractivity contribution in [3.8, 4) is 16.9 Å². The van der Waals surface area contributed by atoms with E-state index in [1.807, 2.05) is 12.1 Å². The van der Waals surface area contributed by atoms with E-state index in [0.29, 0.717) is 48.4 Å². The summed E-state index contributed by atoms with van der Waals surface area (Å²) in [5.74, 6) is -6.69. The first-order valence-corrected chi connectivity index (χ1v) is 13.8. The van der Waals surface area contributed by atoms with E-state index < -0.39 is 41.0 Å². The fourth-order valence-corrected chi connectivity index (χ4v) is 6.21. The summed E-state index contributed by atoms with van der Waals surface area (Å²) in [5, 5.41) is 0. The van der Waals surface area contributed by atoms with Gasteiger partial charge < -0.3 is 4.74 Å². The Labute approximate surface area is 229 Å². The maximum absolute atomic E-state index is 15.1. The Bertz CT molecular complexity index is 1330. The summed E-state index contributed by atoms with van der Waals surface area (Å²) < 4.78 is 105. The lowest BCUT2D eigenvalue weighted by molar-refractivity contribution is -0.222. The van der Waals surface area contributed by atoms with Crippen LogP contribution in [0.1, 0.15) is 81.3 Å². The normalized spacial score (nSPS) is 23.7. The predicted octanol–water partition coefficient (Wildman–Crippen LogP) is 10.3. The molecule has 0 heterocycles. The molecule has 40 heavy (non-hydrogen) atoms. The van der Waals surface area contributed by atoms with Crippen LogP contribution in [0.15, 0.2) is 48.5 Å². The summed E-state index contributed by atoms with van der Waals surface area (Å²) in [6, 6.07) is 9.48. The van der Waals surface area contributed by atoms with Crippen molar-refractivity contribution in [2.45, 2.75) is 76.2 Å². The first kappa shape index (κ1) is 28.5. The molecule has 2 saturated carbocycles. The highest BCUT2D eigenvalue weighted by molar-refractivity contribution is 5.65. The lowest BCUT2D eigenvalue weighted by Crippen LogP contribution is -2.37. The summed E-state index contributed by atoms with van der Waals surface area (Å²) in [7, 11) is 0.